The van der Waals surface area contributed by atoms with Gasteiger partial charge in [0, 0.05) is 18.6 Å². The minimum absolute atomic E-state index is 0.0634. The third kappa shape index (κ3) is 2.69. The van der Waals surface area contributed by atoms with E-state index in [0.29, 0.717) is 5.95 Å². The first-order valence-corrected chi connectivity index (χ1v) is 7.73. The fraction of sp³-hybridized carbons (Fsp3) is 0.111. The van der Waals surface area contributed by atoms with Crippen LogP contribution >= 0.6 is 0 Å². The number of hydrogen-bond acceptors (Lipinski definition) is 5. The molecule has 24 heavy (non-hydrogen) atoms. The predicted octanol–water partition coefficient (Wildman–Crippen LogP) is 3.38. The van der Waals surface area contributed by atoms with Crippen LogP contribution in [0.5, 0.6) is 0 Å². The van der Waals surface area contributed by atoms with E-state index in [9.17, 15) is 0 Å². The molecule has 0 saturated carbocycles. The van der Waals surface area contributed by atoms with Gasteiger partial charge in [-0.15, -0.1) is 0 Å². The molecular weight excluding hydrogens is 300 g/mol. The maximum atomic E-state index is 4.61. The monoisotopic (exact) mass is 316 g/mol. The minimum Gasteiger partial charge on any atom is -0.348 e. The fourth-order valence-corrected chi connectivity index (χ4v) is 2.60. The summed E-state index contributed by atoms with van der Waals surface area (Å²) in [6, 6.07) is 13.8. The summed E-state index contributed by atoms with van der Waals surface area (Å²) >= 11 is 0. The van der Waals surface area contributed by atoms with E-state index in [-0.39, 0.29) is 6.04 Å². The summed E-state index contributed by atoms with van der Waals surface area (Å²) in [4.78, 5) is 17.5. The van der Waals surface area contributed by atoms with Crippen LogP contribution in [0.25, 0.3) is 16.9 Å². The lowest BCUT2D eigenvalue weighted by Gasteiger charge is -2.14. The maximum absolute atomic E-state index is 4.61. The molecule has 0 spiro atoms. The van der Waals surface area contributed by atoms with Gasteiger partial charge in [0.2, 0.25) is 5.95 Å². The van der Waals surface area contributed by atoms with Crippen LogP contribution in [0.15, 0.2) is 67.4 Å². The number of nitrogens with one attached hydrogen (secondary N) is 1. The van der Waals surface area contributed by atoms with Crippen LogP contribution in [-0.2, 0) is 0 Å². The van der Waals surface area contributed by atoms with Gasteiger partial charge in [-0.2, -0.15) is 4.98 Å². The molecule has 0 amide bonds. The van der Waals surface area contributed by atoms with Crippen LogP contribution in [0.4, 0.5) is 5.95 Å². The molecule has 0 saturated heterocycles. The topological polar surface area (TPSA) is 68.5 Å². The summed E-state index contributed by atoms with van der Waals surface area (Å²) in [7, 11) is 0. The molecule has 0 aliphatic heterocycles. The Kier molecular flexibility index (Phi) is 3.63. The summed E-state index contributed by atoms with van der Waals surface area (Å²) in [6.07, 6.45) is 7.12. The first-order valence-electron chi connectivity index (χ1n) is 7.73. The highest BCUT2D eigenvalue weighted by molar-refractivity contribution is 5.76. The molecule has 118 valence electrons. The Labute approximate surface area is 139 Å². The third-order valence-corrected chi connectivity index (χ3v) is 3.87. The van der Waals surface area contributed by atoms with Crippen molar-refractivity contribution in [1.82, 2.24) is 24.5 Å². The quantitative estimate of drug-likeness (QED) is 0.625. The van der Waals surface area contributed by atoms with Gasteiger partial charge in [0.25, 0.3) is 0 Å². The predicted molar refractivity (Wildman–Crippen MR) is 92.9 cm³/mol. The largest absolute Gasteiger partial charge is 0.348 e. The SMILES string of the molecule is C[C@H](Nc1nccc(-n2cnc3ccccc32)n1)c1cccnc1. The van der Waals surface area contributed by atoms with E-state index in [2.05, 4.69) is 32.2 Å². The van der Waals surface area contributed by atoms with Gasteiger partial charge in [0.15, 0.2) is 0 Å². The Bertz CT molecular complexity index is 963. The summed E-state index contributed by atoms with van der Waals surface area (Å²) in [6.45, 7) is 2.06. The number of pyridine rings is 1. The van der Waals surface area contributed by atoms with Crippen molar-refractivity contribution in [1.29, 1.82) is 0 Å². The van der Waals surface area contributed by atoms with Crippen molar-refractivity contribution in [2.24, 2.45) is 0 Å². The van der Waals surface area contributed by atoms with Gasteiger partial charge < -0.3 is 5.32 Å². The number of anilines is 1. The molecule has 3 aromatic heterocycles. The average molecular weight is 316 g/mol. The van der Waals surface area contributed by atoms with Gasteiger partial charge >= 0.3 is 0 Å². The van der Waals surface area contributed by atoms with Crippen molar-refractivity contribution in [2.75, 3.05) is 5.32 Å². The molecule has 4 rings (SSSR count). The molecule has 4 aromatic rings. The Morgan fingerprint density at radius 3 is 2.79 bits per heavy atom. The van der Waals surface area contributed by atoms with Crippen molar-refractivity contribution in [2.45, 2.75) is 13.0 Å². The van der Waals surface area contributed by atoms with Gasteiger partial charge in [0.1, 0.15) is 12.1 Å². The molecule has 0 fully saturated rings. The van der Waals surface area contributed by atoms with Crippen LogP contribution in [0.2, 0.25) is 0 Å². The number of imidazole rings is 1. The number of fused-ring (bicyclic) bond motifs is 1. The molecule has 0 aliphatic carbocycles. The van der Waals surface area contributed by atoms with Crippen LogP contribution in [0, 0.1) is 0 Å². The Balaban J connectivity index is 1.64. The molecule has 6 nitrogen and oxygen atoms in total. The van der Waals surface area contributed by atoms with Gasteiger partial charge in [-0.25, -0.2) is 9.97 Å². The maximum Gasteiger partial charge on any atom is 0.225 e. The lowest BCUT2D eigenvalue weighted by atomic mass is 10.1. The van der Waals surface area contributed by atoms with E-state index < -0.39 is 0 Å². The Hall–Kier alpha value is -3.28. The average Bonchev–Trinajstić information content (AvgIpc) is 3.07. The van der Waals surface area contributed by atoms with Crippen molar-refractivity contribution in [3.63, 3.8) is 0 Å². The van der Waals surface area contributed by atoms with E-state index in [0.717, 1.165) is 22.4 Å². The van der Waals surface area contributed by atoms with Gasteiger partial charge in [-0.05, 0) is 36.8 Å². The molecule has 1 N–H and O–H groups in total. The summed E-state index contributed by atoms with van der Waals surface area (Å²) in [5.74, 6) is 1.35. The zero-order valence-electron chi connectivity index (χ0n) is 13.2. The van der Waals surface area contributed by atoms with Crippen molar-refractivity contribution >= 4 is 17.0 Å². The second kappa shape index (κ2) is 6.08. The molecule has 0 bridgehead atoms. The lowest BCUT2D eigenvalue weighted by Crippen LogP contribution is -2.10. The van der Waals surface area contributed by atoms with Gasteiger partial charge in [-0.3, -0.25) is 9.55 Å². The zero-order valence-corrected chi connectivity index (χ0v) is 13.2. The van der Waals surface area contributed by atoms with Crippen LogP contribution in [0.1, 0.15) is 18.5 Å². The highest BCUT2D eigenvalue weighted by Crippen LogP contribution is 2.19. The standard InChI is InChI=1S/C18H16N6/c1-13(14-5-4-9-19-11-14)22-18-20-10-8-17(23-18)24-12-21-15-6-2-3-7-16(15)24/h2-13H,1H3,(H,20,22,23)/t13-/m0/s1. The van der Waals surface area contributed by atoms with Crippen LogP contribution in [-0.4, -0.2) is 24.5 Å². The van der Waals surface area contributed by atoms with E-state index in [1.165, 1.54) is 0 Å². The van der Waals surface area contributed by atoms with Gasteiger partial charge in [0.05, 0.1) is 17.1 Å². The molecule has 0 unspecified atom stereocenters. The number of aromatic nitrogens is 5. The fourth-order valence-electron chi connectivity index (χ4n) is 2.60. The smallest absolute Gasteiger partial charge is 0.225 e. The number of hydrogen-bond donors (Lipinski definition) is 1. The summed E-state index contributed by atoms with van der Waals surface area (Å²) in [5.41, 5.74) is 3.04. The highest BCUT2D eigenvalue weighted by Gasteiger charge is 2.09. The number of benzene rings is 1. The highest BCUT2D eigenvalue weighted by atomic mass is 15.2. The second-order valence-corrected chi connectivity index (χ2v) is 5.49. The molecule has 0 radical (unpaired) electrons. The normalized spacial score (nSPS) is 12.2. The second-order valence-electron chi connectivity index (χ2n) is 5.49. The molecule has 3 heterocycles. The van der Waals surface area contributed by atoms with E-state index in [1.54, 1.807) is 18.7 Å². The summed E-state index contributed by atoms with van der Waals surface area (Å²) in [5, 5.41) is 3.31. The third-order valence-electron chi connectivity index (χ3n) is 3.87. The van der Waals surface area contributed by atoms with E-state index in [4.69, 9.17) is 0 Å². The first kappa shape index (κ1) is 14.3. The molecule has 6 heteroatoms. The number of para-hydroxylation sites is 2. The van der Waals surface area contributed by atoms with Crippen molar-refractivity contribution in [3.05, 3.63) is 72.9 Å². The number of rotatable bonds is 4. The van der Waals surface area contributed by atoms with E-state index >= 15 is 0 Å². The Morgan fingerprint density at radius 1 is 1.00 bits per heavy atom. The molecular formula is C18H16N6. The van der Waals surface area contributed by atoms with Crippen molar-refractivity contribution < 1.29 is 0 Å². The van der Waals surface area contributed by atoms with Crippen LogP contribution < -0.4 is 5.32 Å². The van der Waals surface area contributed by atoms with E-state index in [1.807, 2.05) is 53.2 Å². The van der Waals surface area contributed by atoms with Gasteiger partial charge in [-0.1, -0.05) is 18.2 Å². The lowest BCUT2D eigenvalue weighted by molar-refractivity contribution is 0.847. The molecule has 1 atom stereocenters. The molecule has 0 aliphatic rings. The zero-order chi connectivity index (χ0) is 16.4. The van der Waals surface area contributed by atoms with Crippen molar-refractivity contribution in [3.8, 4) is 5.82 Å². The molecule has 1 aromatic carbocycles. The summed E-state index contributed by atoms with van der Waals surface area (Å²) < 4.78 is 1.96. The van der Waals surface area contributed by atoms with Crippen LogP contribution in [0.3, 0.4) is 0 Å². The number of nitrogens with zero attached hydrogens (tertiary/aromatic N) is 5. The minimum atomic E-state index is 0.0634. The first-order chi connectivity index (χ1) is 11.8. The Morgan fingerprint density at radius 2 is 1.92 bits per heavy atom.